The molecule has 0 aliphatic carbocycles. The molecular weight excluding hydrogens is 328 g/mol. The van der Waals surface area contributed by atoms with Crippen molar-refractivity contribution in [3.8, 4) is 22.6 Å². The number of hydrogen-bond acceptors (Lipinski definition) is 4. The van der Waals surface area contributed by atoms with Crippen LogP contribution < -0.4 is 4.74 Å². The summed E-state index contributed by atoms with van der Waals surface area (Å²) < 4.78 is 37.9. The summed E-state index contributed by atoms with van der Waals surface area (Å²) in [5.41, 5.74) is 0.987. The third-order valence-electron chi connectivity index (χ3n) is 3.48. The van der Waals surface area contributed by atoms with Crippen molar-refractivity contribution in [2.75, 3.05) is 7.11 Å². The maximum atomic E-state index is 14.0. The molecular formula is C19H13F2NO3. The van der Waals surface area contributed by atoms with Crippen LogP contribution in [-0.2, 0) is 4.74 Å². The van der Waals surface area contributed by atoms with Crippen molar-refractivity contribution in [1.29, 1.82) is 0 Å². The fourth-order valence-corrected chi connectivity index (χ4v) is 2.27. The number of carbonyl (C=O) groups excluding carboxylic acids is 1. The molecule has 2 aromatic carbocycles. The first kappa shape index (κ1) is 16.6. The van der Waals surface area contributed by atoms with E-state index >= 15 is 0 Å². The molecule has 0 saturated carbocycles. The Balaban J connectivity index is 1.93. The van der Waals surface area contributed by atoms with Crippen molar-refractivity contribution in [3.63, 3.8) is 0 Å². The minimum Gasteiger partial charge on any atom is -0.465 e. The van der Waals surface area contributed by atoms with Gasteiger partial charge in [0.15, 0.2) is 11.6 Å². The fourth-order valence-electron chi connectivity index (χ4n) is 2.27. The number of ether oxygens (including phenoxy) is 2. The molecule has 0 aliphatic rings. The summed E-state index contributed by atoms with van der Waals surface area (Å²) in [4.78, 5) is 15.5. The number of methoxy groups -OCH3 is 1. The van der Waals surface area contributed by atoms with Crippen molar-refractivity contribution >= 4 is 5.97 Å². The Hall–Kier alpha value is -3.28. The van der Waals surface area contributed by atoms with E-state index in [0.717, 1.165) is 6.07 Å². The molecule has 0 unspecified atom stereocenters. The first-order chi connectivity index (χ1) is 12.1. The molecule has 0 radical (unpaired) electrons. The SMILES string of the molecule is COC(=O)c1ccc(F)c(Oc2cncc(-c3ccccc3F)c2)c1. The number of pyridine rings is 1. The summed E-state index contributed by atoms with van der Waals surface area (Å²) in [6.45, 7) is 0. The van der Waals surface area contributed by atoms with Crippen molar-refractivity contribution < 1.29 is 23.0 Å². The highest BCUT2D eigenvalue weighted by Crippen LogP contribution is 2.29. The normalized spacial score (nSPS) is 10.4. The molecule has 0 amide bonds. The second-order valence-electron chi connectivity index (χ2n) is 5.13. The molecule has 3 aromatic rings. The predicted molar refractivity (Wildman–Crippen MR) is 87.4 cm³/mol. The van der Waals surface area contributed by atoms with Gasteiger partial charge in [-0.1, -0.05) is 18.2 Å². The highest BCUT2D eigenvalue weighted by atomic mass is 19.1. The van der Waals surface area contributed by atoms with Crippen LogP contribution in [0.4, 0.5) is 8.78 Å². The molecule has 0 bridgehead atoms. The first-order valence-electron chi connectivity index (χ1n) is 7.34. The van der Waals surface area contributed by atoms with Crippen molar-refractivity contribution in [1.82, 2.24) is 4.98 Å². The van der Waals surface area contributed by atoms with E-state index in [1.807, 2.05) is 0 Å². The van der Waals surface area contributed by atoms with Gasteiger partial charge >= 0.3 is 5.97 Å². The third kappa shape index (κ3) is 3.63. The quantitative estimate of drug-likeness (QED) is 0.651. The van der Waals surface area contributed by atoms with E-state index in [1.54, 1.807) is 18.2 Å². The molecule has 0 N–H and O–H groups in total. The molecule has 0 aliphatic heterocycles. The number of halogens is 2. The molecule has 4 nitrogen and oxygen atoms in total. The number of nitrogens with zero attached hydrogens (tertiary/aromatic N) is 1. The number of carbonyl (C=O) groups is 1. The van der Waals surface area contributed by atoms with Gasteiger partial charge in [0.25, 0.3) is 0 Å². The summed E-state index contributed by atoms with van der Waals surface area (Å²) >= 11 is 0. The smallest absolute Gasteiger partial charge is 0.337 e. The average Bonchev–Trinajstić information content (AvgIpc) is 2.63. The zero-order valence-corrected chi connectivity index (χ0v) is 13.2. The highest BCUT2D eigenvalue weighted by Gasteiger charge is 2.13. The molecule has 6 heteroatoms. The van der Waals surface area contributed by atoms with Gasteiger partial charge in [0.05, 0.1) is 18.9 Å². The Kier molecular flexibility index (Phi) is 4.70. The van der Waals surface area contributed by atoms with E-state index in [1.165, 1.54) is 43.8 Å². The Morgan fingerprint density at radius 3 is 2.56 bits per heavy atom. The Labute approximate surface area is 142 Å². The summed E-state index contributed by atoms with van der Waals surface area (Å²) in [7, 11) is 1.23. The van der Waals surface area contributed by atoms with Gasteiger partial charge in [-0.15, -0.1) is 0 Å². The zero-order chi connectivity index (χ0) is 17.8. The molecule has 25 heavy (non-hydrogen) atoms. The van der Waals surface area contributed by atoms with Crippen LogP contribution in [0.25, 0.3) is 11.1 Å². The fraction of sp³-hybridized carbons (Fsp3) is 0.0526. The lowest BCUT2D eigenvalue weighted by Gasteiger charge is -2.10. The van der Waals surface area contributed by atoms with E-state index in [4.69, 9.17) is 4.74 Å². The molecule has 0 fully saturated rings. The highest BCUT2D eigenvalue weighted by molar-refractivity contribution is 5.89. The summed E-state index contributed by atoms with van der Waals surface area (Å²) in [5.74, 6) is -1.61. The molecule has 3 rings (SSSR count). The zero-order valence-electron chi connectivity index (χ0n) is 13.2. The first-order valence-corrected chi connectivity index (χ1v) is 7.34. The minimum absolute atomic E-state index is 0.150. The van der Waals surface area contributed by atoms with E-state index < -0.39 is 17.6 Å². The van der Waals surface area contributed by atoms with Gasteiger partial charge in [0.2, 0.25) is 0 Å². The Morgan fingerprint density at radius 1 is 1.00 bits per heavy atom. The van der Waals surface area contributed by atoms with E-state index in [2.05, 4.69) is 9.72 Å². The largest absolute Gasteiger partial charge is 0.465 e. The van der Waals surface area contributed by atoms with Crippen LogP contribution in [0.3, 0.4) is 0 Å². The van der Waals surface area contributed by atoms with Crippen molar-refractivity contribution in [3.05, 3.63) is 78.1 Å². The van der Waals surface area contributed by atoms with Gasteiger partial charge in [-0.25, -0.2) is 13.6 Å². The van der Waals surface area contributed by atoms with Crippen LogP contribution in [0, 0.1) is 11.6 Å². The summed E-state index contributed by atoms with van der Waals surface area (Å²) in [5, 5.41) is 0. The number of esters is 1. The number of hydrogen-bond donors (Lipinski definition) is 0. The Morgan fingerprint density at radius 2 is 1.80 bits per heavy atom. The van der Waals surface area contributed by atoms with Gasteiger partial charge < -0.3 is 9.47 Å². The average molecular weight is 341 g/mol. The van der Waals surface area contributed by atoms with Gasteiger partial charge in [-0.3, -0.25) is 4.98 Å². The van der Waals surface area contributed by atoms with Crippen LogP contribution in [0.2, 0.25) is 0 Å². The van der Waals surface area contributed by atoms with Crippen LogP contribution in [0.15, 0.2) is 60.9 Å². The van der Waals surface area contributed by atoms with Crippen LogP contribution in [0.1, 0.15) is 10.4 Å². The van der Waals surface area contributed by atoms with Gasteiger partial charge in [-0.2, -0.15) is 0 Å². The maximum Gasteiger partial charge on any atom is 0.337 e. The maximum absolute atomic E-state index is 14.0. The second kappa shape index (κ2) is 7.09. The number of aromatic nitrogens is 1. The lowest BCUT2D eigenvalue weighted by atomic mass is 10.1. The molecule has 0 spiro atoms. The molecule has 126 valence electrons. The van der Waals surface area contributed by atoms with E-state index in [0.29, 0.717) is 11.1 Å². The lowest BCUT2D eigenvalue weighted by molar-refractivity contribution is 0.0600. The summed E-state index contributed by atoms with van der Waals surface area (Å²) in [6, 6.07) is 11.4. The van der Waals surface area contributed by atoms with Gasteiger partial charge in [0, 0.05) is 17.3 Å². The monoisotopic (exact) mass is 341 g/mol. The lowest BCUT2D eigenvalue weighted by Crippen LogP contribution is -2.02. The van der Waals surface area contributed by atoms with E-state index in [9.17, 15) is 13.6 Å². The third-order valence-corrected chi connectivity index (χ3v) is 3.48. The molecule has 0 saturated heterocycles. The number of rotatable bonds is 4. The second-order valence-corrected chi connectivity index (χ2v) is 5.13. The van der Waals surface area contributed by atoms with Crippen LogP contribution >= 0.6 is 0 Å². The molecule has 0 atom stereocenters. The number of benzene rings is 2. The predicted octanol–water partition coefficient (Wildman–Crippen LogP) is 4.61. The summed E-state index contributed by atoms with van der Waals surface area (Å²) in [6.07, 6.45) is 2.85. The van der Waals surface area contributed by atoms with Gasteiger partial charge in [0.1, 0.15) is 11.6 Å². The van der Waals surface area contributed by atoms with Gasteiger partial charge in [-0.05, 0) is 30.3 Å². The van der Waals surface area contributed by atoms with Crippen molar-refractivity contribution in [2.45, 2.75) is 0 Å². The van der Waals surface area contributed by atoms with Crippen molar-refractivity contribution in [2.24, 2.45) is 0 Å². The topological polar surface area (TPSA) is 48.4 Å². The minimum atomic E-state index is -0.649. The standard InChI is InChI=1S/C19H13F2NO3/c1-24-19(23)12-6-7-17(21)18(9-12)25-14-8-13(10-22-11-14)15-4-2-3-5-16(15)20/h2-11H,1H3. The molecule has 1 heterocycles. The Bertz CT molecular complexity index is 928. The molecule has 1 aromatic heterocycles. The van der Waals surface area contributed by atoms with Crippen LogP contribution in [0.5, 0.6) is 11.5 Å². The van der Waals surface area contributed by atoms with Crippen LogP contribution in [-0.4, -0.2) is 18.1 Å². The van der Waals surface area contributed by atoms with E-state index in [-0.39, 0.29) is 17.1 Å².